The van der Waals surface area contributed by atoms with Gasteiger partial charge in [0.1, 0.15) is 0 Å². The second-order valence-corrected chi connectivity index (χ2v) is 6.43. The summed E-state index contributed by atoms with van der Waals surface area (Å²) in [4.78, 5) is 16.0. The Morgan fingerprint density at radius 3 is 2.62 bits per heavy atom. The number of aliphatic hydroxyl groups excluding tert-OH is 1. The molecule has 1 amide bonds. The van der Waals surface area contributed by atoms with E-state index in [9.17, 15) is 9.90 Å². The number of amides is 1. The third-order valence-electron chi connectivity index (χ3n) is 3.57. The Balaban J connectivity index is 2.29. The number of anilines is 2. The van der Waals surface area contributed by atoms with E-state index in [1.54, 1.807) is 0 Å². The van der Waals surface area contributed by atoms with Gasteiger partial charge in [0, 0.05) is 35.4 Å². The number of nitrogens with zero attached hydrogens (tertiary/aromatic N) is 2. The molecule has 0 fully saturated rings. The highest BCUT2D eigenvalue weighted by Gasteiger charge is 2.30. The van der Waals surface area contributed by atoms with E-state index in [-0.39, 0.29) is 5.91 Å². The van der Waals surface area contributed by atoms with Crippen LogP contribution in [0.4, 0.5) is 11.4 Å². The maximum atomic E-state index is 11.6. The molecule has 2 N–H and O–H groups in total. The summed E-state index contributed by atoms with van der Waals surface area (Å²) in [6.45, 7) is 4.96. The van der Waals surface area contributed by atoms with Crippen LogP contribution in [0.15, 0.2) is 16.6 Å². The van der Waals surface area contributed by atoms with Crippen molar-refractivity contribution in [1.82, 2.24) is 4.90 Å². The normalized spacial score (nSPS) is 17.0. The Morgan fingerprint density at radius 2 is 2.00 bits per heavy atom. The third-order valence-corrected chi connectivity index (χ3v) is 4.21. The van der Waals surface area contributed by atoms with Gasteiger partial charge in [0.25, 0.3) is 5.91 Å². The van der Waals surface area contributed by atoms with Crippen LogP contribution in [0.25, 0.3) is 0 Å². The van der Waals surface area contributed by atoms with Crippen LogP contribution in [0.1, 0.15) is 25.0 Å². The maximum absolute atomic E-state index is 11.6. The quantitative estimate of drug-likeness (QED) is 0.821. The molecule has 1 aliphatic heterocycles. The van der Waals surface area contributed by atoms with Crippen LogP contribution >= 0.6 is 15.9 Å². The molecule has 116 valence electrons. The van der Waals surface area contributed by atoms with Gasteiger partial charge in [-0.05, 0) is 48.6 Å². The van der Waals surface area contributed by atoms with E-state index < -0.39 is 6.10 Å². The van der Waals surface area contributed by atoms with E-state index in [2.05, 4.69) is 52.1 Å². The summed E-state index contributed by atoms with van der Waals surface area (Å²) in [5, 5.41) is 12.6. The molecule has 21 heavy (non-hydrogen) atoms. The highest BCUT2D eigenvalue weighted by atomic mass is 79.9. The first-order valence-corrected chi connectivity index (χ1v) is 7.95. The molecule has 1 aromatic carbocycles. The van der Waals surface area contributed by atoms with Gasteiger partial charge in [0.2, 0.25) is 0 Å². The number of benzene rings is 1. The molecule has 5 nitrogen and oxygen atoms in total. The lowest BCUT2D eigenvalue weighted by molar-refractivity contribution is -0.123. The lowest BCUT2D eigenvalue weighted by atomic mass is 10.1. The number of likely N-dealkylation sites (N-methyl/N-ethyl adjacent to an activating group) is 1. The van der Waals surface area contributed by atoms with Crippen LogP contribution in [0, 0.1) is 0 Å². The van der Waals surface area contributed by atoms with E-state index in [0.29, 0.717) is 11.3 Å². The van der Waals surface area contributed by atoms with Crippen molar-refractivity contribution in [2.45, 2.75) is 19.4 Å². The molecule has 0 bridgehead atoms. The van der Waals surface area contributed by atoms with Crippen molar-refractivity contribution in [3.8, 4) is 0 Å². The summed E-state index contributed by atoms with van der Waals surface area (Å²) >= 11 is 3.57. The molecule has 2 rings (SSSR count). The number of aliphatic hydroxyl groups is 1. The number of rotatable bonds is 6. The number of fused-ring (bicyclic) bond motifs is 1. The summed E-state index contributed by atoms with van der Waals surface area (Å²) in [5.41, 5.74) is 2.39. The number of nitrogens with one attached hydrogen (secondary N) is 1. The predicted octanol–water partition coefficient (Wildman–Crippen LogP) is 2.21. The summed E-state index contributed by atoms with van der Waals surface area (Å²) in [7, 11) is 4.11. The van der Waals surface area contributed by atoms with Crippen molar-refractivity contribution in [3.05, 3.63) is 22.2 Å². The average Bonchev–Trinajstić information content (AvgIpc) is 2.69. The summed E-state index contributed by atoms with van der Waals surface area (Å²) in [6, 6.07) is 3.78. The van der Waals surface area contributed by atoms with Crippen LogP contribution in [-0.2, 0) is 4.79 Å². The zero-order valence-corrected chi connectivity index (χ0v) is 14.3. The van der Waals surface area contributed by atoms with Crippen molar-refractivity contribution >= 4 is 33.2 Å². The maximum Gasteiger partial charge on any atom is 0.257 e. The second kappa shape index (κ2) is 6.77. The van der Waals surface area contributed by atoms with Gasteiger partial charge in [-0.3, -0.25) is 4.79 Å². The lowest BCUT2D eigenvalue weighted by Gasteiger charge is -2.27. The smallest absolute Gasteiger partial charge is 0.257 e. The van der Waals surface area contributed by atoms with Gasteiger partial charge < -0.3 is 20.2 Å². The molecule has 0 radical (unpaired) electrons. The molecule has 6 heteroatoms. The van der Waals surface area contributed by atoms with Crippen molar-refractivity contribution in [2.75, 3.05) is 43.9 Å². The van der Waals surface area contributed by atoms with E-state index in [1.807, 2.05) is 12.1 Å². The first kappa shape index (κ1) is 16.3. The predicted molar refractivity (Wildman–Crippen MR) is 88.8 cm³/mol. The average molecular weight is 356 g/mol. The molecular formula is C15H22BrN3O2. The fourth-order valence-electron chi connectivity index (χ4n) is 2.44. The van der Waals surface area contributed by atoms with Gasteiger partial charge in [0.15, 0.2) is 6.10 Å². The minimum atomic E-state index is -1.06. The fourth-order valence-corrected chi connectivity index (χ4v) is 3.05. The van der Waals surface area contributed by atoms with Crippen LogP contribution in [-0.4, -0.2) is 49.6 Å². The Labute approximate surface area is 134 Å². The number of hydrogen-bond acceptors (Lipinski definition) is 4. The summed E-state index contributed by atoms with van der Waals surface area (Å²) in [6.07, 6.45) is -0.0156. The topological polar surface area (TPSA) is 55.8 Å². The van der Waals surface area contributed by atoms with Crippen LogP contribution in [0.2, 0.25) is 0 Å². The molecule has 1 aromatic rings. The van der Waals surface area contributed by atoms with Gasteiger partial charge in [-0.25, -0.2) is 0 Å². The molecule has 0 aromatic heterocycles. The van der Waals surface area contributed by atoms with E-state index >= 15 is 0 Å². The highest BCUT2D eigenvalue weighted by Crippen LogP contribution is 2.39. The van der Waals surface area contributed by atoms with Crippen LogP contribution in [0.5, 0.6) is 0 Å². The molecule has 1 unspecified atom stereocenters. The summed E-state index contributed by atoms with van der Waals surface area (Å²) < 4.78 is 0.906. The monoisotopic (exact) mass is 355 g/mol. The number of carbonyl (C=O) groups is 1. The lowest BCUT2D eigenvalue weighted by Crippen LogP contribution is -2.32. The number of hydrogen-bond donors (Lipinski definition) is 2. The SMILES string of the molecule is CCCN(CCN(C)C)c1cc2c(cc1Br)C(O)C(=O)N2. The third kappa shape index (κ3) is 3.56. The van der Waals surface area contributed by atoms with Gasteiger partial charge >= 0.3 is 0 Å². The number of carbonyl (C=O) groups excluding carboxylic acids is 1. The molecule has 1 heterocycles. The van der Waals surface area contributed by atoms with Crippen molar-refractivity contribution in [3.63, 3.8) is 0 Å². The molecule has 1 atom stereocenters. The van der Waals surface area contributed by atoms with E-state index in [0.717, 1.165) is 36.2 Å². The Kier molecular flexibility index (Phi) is 5.24. The van der Waals surface area contributed by atoms with E-state index in [1.165, 1.54) is 0 Å². The van der Waals surface area contributed by atoms with Crippen LogP contribution < -0.4 is 10.2 Å². The van der Waals surface area contributed by atoms with Gasteiger partial charge in [-0.1, -0.05) is 6.92 Å². The first-order chi connectivity index (χ1) is 9.93. The zero-order chi connectivity index (χ0) is 15.6. The highest BCUT2D eigenvalue weighted by molar-refractivity contribution is 9.10. The Hall–Kier alpha value is -1.11. The number of halogens is 1. The molecule has 0 spiro atoms. The standard InChI is InChI=1S/C15H22BrN3O2/c1-4-5-19(7-6-18(2)3)13-9-12-10(8-11(13)16)14(20)15(21)17-12/h8-9,14,20H,4-7H2,1-3H3,(H,17,21). The van der Waals surface area contributed by atoms with Crippen molar-refractivity contribution in [1.29, 1.82) is 0 Å². The summed E-state index contributed by atoms with van der Waals surface area (Å²) in [5.74, 6) is -0.357. The van der Waals surface area contributed by atoms with Gasteiger partial charge in [-0.15, -0.1) is 0 Å². The Morgan fingerprint density at radius 1 is 1.29 bits per heavy atom. The minimum absolute atomic E-state index is 0.357. The molecular weight excluding hydrogens is 334 g/mol. The van der Waals surface area contributed by atoms with Gasteiger partial charge in [-0.2, -0.15) is 0 Å². The van der Waals surface area contributed by atoms with Crippen LogP contribution in [0.3, 0.4) is 0 Å². The largest absolute Gasteiger partial charge is 0.378 e. The molecule has 0 saturated carbocycles. The second-order valence-electron chi connectivity index (χ2n) is 5.57. The van der Waals surface area contributed by atoms with Crippen molar-refractivity contribution < 1.29 is 9.90 Å². The Bertz CT molecular complexity index is 534. The first-order valence-electron chi connectivity index (χ1n) is 7.16. The zero-order valence-electron chi connectivity index (χ0n) is 12.7. The minimum Gasteiger partial charge on any atom is -0.378 e. The molecule has 0 saturated heterocycles. The van der Waals surface area contributed by atoms with Gasteiger partial charge in [0.05, 0.1) is 5.69 Å². The van der Waals surface area contributed by atoms with E-state index in [4.69, 9.17) is 0 Å². The fraction of sp³-hybridized carbons (Fsp3) is 0.533. The molecule has 1 aliphatic rings. The molecule has 0 aliphatic carbocycles. The van der Waals surface area contributed by atoms with Crippen molar-refractivity contribution in [2.24, 2.45) is 0 Å².